The Balaban J connectivity index is 3.04. The van der Waals surface area contributed by atoms with Gasteiger partial charge in [0.15, 0.2) is 0 Å². The number of rotatable bonds is 8. The van der Waals surface area contributed by atoms with Gasteiger partial charge in [-0.1, -0.05) is 73.9 Å². The van der Waals surface area contributed by atoms with Crippen LogP contribution in [0, 0.1) is 0 Å². The summed E-state index contributed by atoms with van der Waals surface area (Å²) < 4.78 is 13.2. The third-order valence-corrected chi connectivity index (χ3v) is 14.4. The summed E-state index contributed by atoms with van der Waals surface area (Å²) in [6.45, 7) is 6.32. The van der Waals surface area contributed by atoms with Gasteiger partial charge in [-0.05, 0) is 22.8 Å². The van der Waals surface area contributed by atoms with E-state index in [0.29, 0.717) is 0 Å². The first-order valence-electron chi connectivity index (χ1n) is 6.23. The molecule has 0 heterocycles. The minimum atomic E-state index is -2.27. The highest BCUT2D eigenvalue weighted by atomic mass is 33.1. The molecule has 1 atom stereocenters. The third kappa shape index (κ3) is 4.56. The Morgan fingerprint density at radius 1 is 1.00 bits per heavy atom. The summed E-state index contributed by atoms with van der Waals surface area (Å²) in [4.78, 5) is 0.124. The minimum absolute atomic E-state index is 0.124. The molecule has 1 aromatic carbocycles. The standard InChI is InChI=1S/C13H21OPS3/c1-4-16-13(12-10-8-7-9-11-12)15(14,17-5-2)18-6-3/h7-11,13H,4-6H2,1-3H3. The lowest BCUT2D eigenvalue weighted by Gasteiger charge is -2.25. The van der Waals surface area contributed by atoms with Crippen molar-refractivity contribution >= 4 is 40.1 Å². The Labute approximate surface area is 123 Å². The lowest BCUT2D eigenvalue weighted by molar-refractivity contribution is 0.592. The largest absolute Gasteiger partial charge is 0.299 e. The van der Waals surface area contributed by atoms with Crippen LogP contribution in [0.2, 0.25) is 0 Å². The van der Waals surface area contributed by atoms with Gasteiger partial charge in [0.1, 0.15) is 4.99 Å². The van der Waals surface area contributed by atoms with Crippen molar-refractivity contribution in [3.05, 3.63) is 35.9 Å². The van der Waals surface area contributed by atoms with E-state index in [1.807, 2.05) is 30.0 Å². The van der Waals surface area contributed by atoms with Gasteiger partial charge in [-0.2, -0.15) is 0 Å². The van der Waals surface area contributed by atoms with Crippen LogP contribution in [0.4, 0.5) is 0 Å². The van der Waals surface area contributed by atoms with Crippen LogP contribution >= 0.6 is 40.1 Å². The van der Waals surface area contributed by atoms with Gasteiger partial charge in [0.05, 0.1) is 0 Å². The highest BCUT2D eigenvalue weighted by molar-refractivity contribution is 8.91. The molecule has 1 aromatic rings. The molecular formula is C13H21OPS3. The quantitative estimate of drug-likeness (QED) is 0.535. The van der Waals surface area contributed by atoms with Crippen molar-refractivity contribution < 1.29 is 4.57 Å². The van der Waals surface area contributed by atoms with Crippen molar-refractivity contribution in [1.82, 2.24) is 0 Å². The molecule has 5 heteroatoms. The molecule has 18 heavy (non-hydrogen) atoms. The molecule has 0 aliphatic rings. The lowest BCUT2D eigenvalue weighted by atomic mass is 10.2. The fourth-order valence-corrected chi connectivity index (χ4v) is 13.8. The first-order chi connectivity index (χ1) is 8.68. The summed E-state index contributed by atoms with van der Waals surface area (Å²) in [7, 11) is 0. The predicted octanol–water partition coefficient (Wildman–Crippen LogP) is 6.14. The van der Waals surface area contributed by atoms with Gasteiger partial charge in [0.2, 0.25) is 5.55 Å². The van der Waals surface area contributed by atoms with Gasteiger partial charge in [-0.15, -0.1) is 11.8 Å². The van der Waals surface area contributed by atoms with Crippen molar-refractivity contribution in [2.24, 2.45) is 0 Å². The van der Waals surface area contributed by atoms with Crippen molar-refractivity contribution in [2.75, 3.05) is 17.3 Å². The average Bonchev–Trinajstić information content (AvgIpc) is 2.37. The number of hydrogen-bond acceptors (Lipinski definition) is 4. The van der Waals surface area contributed by atoms with E-state index in [0.717, 1.165) is 17.3 Å². The maximum absolute atomic E-state index is 13.2. The molecule has 102 valence electrons. The molecule has 0 fully saturated rings. The SMILES string of the molecule is CCSC(c1ccccc1)P(=O)(SCC)SCC. The summed E-state index contributed by atoms with van der Waals surface area (Å²) in [5.74, 6) is 2.83. The van der Waals surface area contributed by atoms with E-state index < -0.39 is 5.55 Å². The van der Waals surface area contributed by atoms with Gasteiger partial charge < -0.3 is 0 Å². The molecule has 0 aromatic heterocycles. The molecule has 1 rings (SSSR count). The van der Waals surface area contributed by atoms with Gasteiger partial charge in [-0.3, -0.25) is 4.57 Å². The highest BCUT2D eigenvalue weighted by Crippen LogP contribution is 2.79. The van der Waals surface area contributed by atoms with Crippen LogP contribution in [0.25, 0.3) is 0 Å². The van der Waals surface area contributed by atoms with E-state index in [1.165, 1.54) is 5.56 Å². The van der Waals surface area contributed by atoms with E-state index >= 15 is 0 Å². The average molecular weight is 320 g/mol. The molecule has 0 saturated carbocycles. The van der Waals surface area contributed by atoms with Crippen molar-refractivity contribution in [3.8, 4) is 0 Å². The van der Waals surface area contributed by atoms with Crippen LogP contribution < -0.4 is 0 Å². The minimum Gasteiger partial charge on any atom is -0.299 e. The molecule has 0 amide bonds. The second kappa shape index (κ2) is 8.63. The van der Waals surface area contributed by atoms with Crippen LogP contribution in [0.15, 0.2) is 30.3 Å². The van der Waals surface area contributed by atoms with Gasteiger partial charge in [0.25, 0.3) is 0 Å². The predicted molar refractivity (Wildman–Crippen MR) is 91.2 cm³/mol. The van der Waals surface area contributed by atoms with E-state index in [-0.39, 0.29) is 4.99 Å². The monoisotopic (exact) mass is 320 g/mol. The zero-order chi connectivity index (χ0) is 13.4. The normalized spacial score (nSPS) is 13.5. The number of thioether (sulfide) groups is 1. The van der Waals surface area contributed by atoms with E-state index in [9.17, 15) is 4.57 Å². The molecule has 0 aliphatic heterocycles. The first kappa shape index (κ1) is 16.6. The van der Waals surface area contributed by atoms with Crippen LogP contribution in [-0.4, -0.2) is 17.3 Å². The molecule has 0 N–H and O–H groups in total. The molecule has 0 bridgehead atoms. The summed E-state index contributed by atoms with van der Waals surface area (Å²) in [6, 6.07) is 10.3. The van der Waals surface area contributed by atoms with Crippen LogP contribution in [0.3, 0.4) is 0 Å². The molecule has 0 saturated heterocycles. The molecule has 0 aliphatic carbocycles. The highest BCUT2D eigenvalue weighted by Gasteiger charge is 2.34. The summed E-state index contributed by atoms with van der Waals surface area (Å²) >= 11 is 5.10. The maximum Gasteiger partial charge on any atom is 0.207 e. The maximum atomic E-state index is 13.2. The fourth-order valence-electron chi connectivity index (χ4n) is 1.68. The second-order valence-corrected chi connectivity index (χ2v) is 14.1. The number of benzene rings is 1. The van der Waals surface area contributed by atoms with E-state index in [4.69, 9.17) is 0 Å². The van der Waals surface area contributed by atoms with Crippen molar-refractivity contribution in [2.45, 2.75) is 25.8 Å². The van der Waals surface area contributed by atoms with E-state index in [2.05, 4.69) is 32.9 Å². The fraction of sp³-hybridized carbons (Fsp3) is 0.538. The first-order valence-corrected chi connectivity index (χ1v) is 12.2. The summed E-state index contributed by atoms with van der Waals surface area (Å²) in [6.07, 6.45) is 0. The van der Waals surface area contributed by atoms with Gasteiger partial charge >= 0.3 is 0 Å². The Morgan fingerprint density at radius 3 is 2.00 bits per heavy atom. The lowest BCUT2D eigenvalue weighted by Crippen LogP contribution is -1.94. The molecule has 1 unspecified atom stereocenters. The number of hydrogen-bond donors (Lipinski definition) is 0. The molecule has 0 radical (unpaired) electrons. The second-order valence-electron chi connectivity index (χ2n) is 3.59. The van der Waals surface area contributed by atoms with Crippen molar-refractivity contribution in [1.29, 1.82) is 0 Å². The third-order valence-electron chi connectivity index (χ3n) is 2.31. The van der Waals surface area contributed by atoms with Crippen LogP contribution in [-0.2, 0) is 4.57 Å². The van der Waals surface area contributed by atoms with Crippen LogP contribution in [0.1, 0.15) is 31.3 Å². The van der Waals surface area contributed by atoms with Crippen LogP contribution in [0.5, 0.6) is 0 Å². The molecule has 0 spiro atoms. The topological polar surface area (TPSA) is 17.1 Å². The van der Waals surface area contributed by atoms with Gasteiger partial charge in [0, 0.05) is 0 Å². The Kier molecular flexibility index (Phi) is 7.93. The van der Waals surface area contributed by atoms with Crippen molar-refractivity contribution in [3.63, 3.8) is 0 Å². The summed E-state index contributed by atoms with van der Waals surface area (Å²) in [5.41, 5.74) is -1.07. The Hall–Kier alpha value is 0.500. The Bertz CT molecular complexity index is 373. The smallest absolute Gasteiger partial charge is 0.207 e. The van der Waals surface area contributed by atoms with Gasteiger partial charge in [-0.25, -0.2) is 0 Å². The molecule has 1 nitrogen and oxygen atoms in total. The zero-order valence-corrected chi connectivity index (χ0v) is 14.5. The Morgan fingerprint density at radius 2 is 1.56 bits per heavy atom. The zero-order valence-electron chi connectivity index (χ0n) is 11.2. The summed E-state index contributed by atoms with van der Waals surface area (Å²) in [5, 5.41) is 0. The molecular weight excluding hydrogens is 299 g/mol. The van der Waals surface area contributed by atoms with E-state index in [1.54, 1.807) is 22.8 Å².